The number of carbonyl (C=O) groups excluding carboxylic acids is 2. The van der Waals surface area contributed by atoms with Crippen molar-refractivity contribution >= 4 is 11.8 Å². The summed E-state index contributed by atoms with van der Waals surface area (Å²) in [6.45, 7) is 1.54. The topological polar surface area (TPSA) is 69.6 Å². The number of halogens is 2. The van der Waals surface area contributed by atoms with E-state index in [9.17, 15) is 23.5 Å². The molecule has 1 aliphatic rings. The molecular weight excluding hydrogens is 318 g/mol. The molecule has 5 nitrogen and oxygen atoms in total. The Kier molecular flexibility index (Phi) is 6.11. The van der Waals surface area contributed by atoms with Crippen LogP contribution in [-0.2, 0) is 16.0 Å². The minimum Gasteiger partial charge on any atom is -0.508 e. The molecule has 0 aromatic heterocycles. The first-order valence-corrected chi connectivity index (χ1v) is 8.02. The molecule has 0 spiro atoms. The van der Waals surface area contributed by atoms with Crippen LogP contribution in [0.1, 0.15) is 30.4 Å². The standard InChI is InChI=1S/C17H22F2N2O3/c1-11-8-13(22)6-5-12(11)9-16(23)21-7-3-2-4-14(21)17(24)20-10-15(18)19/h5-6,8,14-15,22H,2-4,7,9-10H2,1H3,(H,20,24)/t14-/m0/s1. The summed E-state index contributed by atoms with van der Waals surface area (Å²) in [5, 5.41) is 11.6. The third kappa shape index (κ3) is 4.66. The number of carbonyl (C=O) groups is 2. The van der Waals surface area contributed by atoms with Crippen molar-refractivity contribution in [1.82, 2.24) is 10.2 Å². The van der Waals surface area contributed by atoms with E-state index in [1.165, 1.54) is 11.0 Å². The predicted molar refractivity (Wildman–Crippen MR) is 84.9 cm³/mol. The van der Waals surface area contributed by atoms with Gasteiger partial charge in [0.15, 0.2) is 0 Å². The summed E-state index contributed by atoms with van der Waals surface area (Å²) < 4.78 is 24.5. The van der Waals surface area contributed by atoms with Crippen LogP contribution in [0.4, 0.5) is 8.78 Å². The molecule has 2 rings (SSSR count). The third-order valence-electron chi connectivity index (χ3n) is 4.22. The molecule has 1 atom stereocenters. The number of hydrogen-bond donors (Lipinski definition) is 2. The normalized spacial score (nSPS) is 17.8. The lowest BCUT2D eigenvalue weighted by molar-refractivity contribution is -0.142. The molecule has 7 heteroatoms. The molecule has 0 unspecified atom stereocenters. The number of benzene rings is 1. The van der Waals surface area contributed by atoms with Gasteiger partial charge in [0.05, 0.1) is 13.0 Å². The highest BCUT2D eigenvalue weighted by molar-refractivity contribution is 5.88. The number of nitrogens with zero attached hydrogens (tertiary/aromatic N) is 1. The first-order valence-electron chi connectivity index (χ1n) is 8.02. The predicted octanol–water partition coefficient (Wildman–Crippen LogP) is 2.01. The Balaban J connectivity index is 2.05. The molecule has 0 radical (unpaired) electrons. The fourth-order valence-electron chi connectivity index (χ4n) is 2.94. The molecule has 1 saturated heterocycles. The summed E-state index contributed by atoms with van der Waals surface area (Å²) in [5.41, 5.74) is 1.56. The van der Waals surface area contributed by atoms with Crippen LogP contribution in [0.25, 0.3) is 0 Å². The van der Waals surface area contributed by atoms with Crippen LogP contribution >= 0.6 is 0 Å². The van der Waals surface area contributed by atoms with Gasteiger partial charge in [0.25, 0.3) is 6.43 Å². The molecule has 0 aliphatic carbocycles. The maximum absolute atomic E-state index is 12.6. The van der Waals surface area contributed by atoms with E-state index in [1.807, 2.05) is 0 Å². The Morgan fingerprint density at radius 3 is 2.79 bits per heavy atom. The lowest BCUT2D eigenvalue weighted by Crippen LogP contribution is -2.53. The monoisotopic (exact) mass is 340 g/mol. The van der Waals surface area contributed by atoms with Crippen molar-refractivity contribution < 1.29 is 23.5 Å². The van der Waals surface area contributed by atoms with E-state index < -0.39 is 24.9 Å². The van der Waals surface area contributed by atoms with E-state index in [-0.39, 0.29) is 18.1 Å². The zero-order valence-electron chi connectivity index (χ0n) is 13.6. The summed E-state index contributed by atoms with van der Waals surface area (Å²) in [6, 6.07) is 4.07. The van der Waals surface area contributed by atoms with Crippen molar-refractivity contribution in [3.63, 3.8) is 0 Å². The molecule has 2 amide bonds. The molecule has 1 fully saturated rings. The molecule has 1 aliphatic heterocycles. The lowest BCUT2D eigenvalue weighted by Gasteiger charge is -2.35. The highest BCUT2D eigenvalue weighted by Crippen LogP contribution is 2.21. The Morgan fingerprint density at radius 1 is 1.38 bits per heavy atom. The van der Waals surface area contributed by atoms with Crippen molar-refractivity contribution in [3.05, 3.63) is 29.3 Å². The summed E-state index contributed by atoms with van der Waals surface area (Å²) in [6.07, 6.45) is -0.435. The van der Waals surface area contributed by atoms with E-state index >= 15 is 0 Å². The first kappa shape index (κ1) is 18.2. The Labute approximate surface area is 139 Å². The lowest BCUT2D eigenvalue weighted by atomic mass is 9.99. The highest BCUT2D eigenvalue weighted by atomic mass is 19.3. The average Bonchev–Trinajstić information content (AvgIpc) is 2.55. The van der Waals surface area contributed by atoms with Crippen LogP contribution in [0.15, 0.2) is 18.2 Å². The third-order valence-corrected chi connectivity index (χ3v) is 4.22. The molecule has 1 heterocycles. The zero-order valence-corrected chi connectivity index (χ0v) is 13.6. The second-order valence-corrected chi connectivity index (χ2v) is 6.02. The number of alkyl halides is 2. The maximum atomic E-state index is 12.6. The van der Waals surface area contributed by atoms with Gasteiger partial charge in [0, 0.05) is 6.54 Å². The molecule has 1 aromatic rings. The SMILES string of the molecule is Cc1cc(O)ccc1CC(=O)N1CCCC[C@H]1C(=O)NCC(F)F. The van der Waals surface area contributed by atoms with E-state index in [1.54, 1.807) is 19.1 Å². The maximum Gasteiger partial charge on any atom is 0.255 e. The average molecular weight is 340 g/mol. The summed E-state index contributed by atoms with van der Waals surface area (Å²) in [5.74, 6) is -0.600. The van der Waals surface area contributed by atoms with Gasteiger partial charge in [-0.05, 0) is 49.4 Å². The molecule has 1 aromatic carbocycles. The van der Waals surface area contributed by atoms with Gasteiger partial charge in [-0.3, -0.25) is 9.59 Å². The number of rotatable bonds is 5. The van der Waals surface area contributed by atoms with E-state index in [2.05, 4.69) is 5.32 Å². The number of aryl methyl sites for hydroxylation is 1. The highest BCUT2D eigenvalue weighted by Gasteiger charge is 2.32. The number of piperidine rings is 1. The zero-order chi connectivity index (χ0) is 17.7. The summed E-state index contributed by atoms with van der Waals surface area (Å²) in [7, 11) is 0. The molecule has 2 N–H and O–H groups in total. The minimum absolute atomic E-state index is 0.116. The number of nitrogens with one attached hydrogen (secondary N) is 1. The van der Waals surface area contributed by atoms with Crippen molar-refractivity contribution in [2.45, 2.75) is 45.1 Å². The number of phenolic OH excluding ortho intramolecular Hbond substituents is 1. The number of amides is 2. The van der Waals surface area contributed by atoms with Crippen molar-refractivity contribution in [1.29, 1.82) is 0 Å². The van der Waals surface area contributed by atoms with Crippen LogP contribution in [0.2, 0.25) is 0 Å². The Morgan fingerprint density at radius 2 is 2.12 bits per heavy atom. The van der Waals surface area contributed by atoms with Gasteiger partial charge in [0.1, 0.15) is 11.8 Å². The number of likely N-dealkylation sites (tertiary alicyclic amines) is 1. The Bertz CT molecular complexity index is 607. The van der Waals surface area contributed by atoms with Crippen LogP contribution in [0.3, 0.4) is 0 Å². The fraction of sp³-hybridized carbons (Fsp3) is 0.529. The number of hydrogen-bond acceptors (Lipinski definition) is 3. The smallest absolute Gasteiger partial charge is 0.255 e. The van der Waals surface area contributed by atoms with Gasteiger partial charge in [-0.2, -0.15) is 0 Å². The minimum atomic E-state index is -2.61. The van der Waals surface area contributed by atoms with Crippen LogP contribution in [0.5, 0.6) is 5.75 Å². The van der Waals surface area contributed by atoms with Gasteiger partial charge in [0.2, 0.25) is 11.8 Å². The van der Waals surface area contributed by atoms with Crippen molar-refractivity contribution in [2.24, 2.45) is 0 Å². The van der Waals surface area contributed by atoms with Gasteiger partial charge >= 0.3 is 0 Å². The first-order chi connectivity index (χ1) is 11.4. The Hall–Kier alpha value is -2.18. The van der Waals surface area contributed by atoms with Gasteiger partial charge < -0.3 is 15.3 Å². The number of phenols is 1. The van der Waals surface area contributed by atoms with Gasteiger partial charge in [-0.25, -0.2) is 8.78 Å². The molecular formula is C17H22F2N2O3. The summed E-state index contributed by atoms with van der Waals surface area (Å²) in [4.78, 5) is 26.2. The molecule has 132 valence electrons. The fourth-order valence-corrected chi connectivity index (χ4v) is 2.94. The van der Waals surface area contributed by atoms with Gasteiger partial charge in [-0.15, -0.1) is 0 Å². The molecule has 0 saturated carbocycles. The number of aromatic hydroxyl groups is 1. The van der Waals surface area contributed by atoms with Gasteiger partial charge in [-0.1, -0.05) is 6.07 Å². The van der Waals surface area contributed by atoms with Crippen molar-refractivity contribution in [2.75, 3.05) is 13.1 Å². The van der Waals surface area contributed by atoms with E-state index in [0.29, 0.717) is 13.0 Å². The quantitative estimate of drug-likeness (QED) is 0.861. The van der Waals surface area contributed by atoms with Crippen LogP contribution in [-0.4, -0.2) is 47.4 Å². The molecule has 24 heavy (non-hydrogen) atoms. The largest absolute Gasteiger partial charge is 0.508 e. The van der Waals surface area contributed by atoms with Crippen molar-refractivity contribution in [3.8, 4) is 5.75 Å². The summed E-state index contributed by atoms with van der Waals surface area (Å²) >= 11 is 0. The van der Waals surface area contributed by atoms with Crippen LogP contribution < -0.4 is 5.32 Å². The second-order valence-electron chi connectivity index (χ2n) is 6.02. The van der Waals surface area contributed by atoms with E-state index in [4.69, 9.17) is 0 Å². The second kappa shape index (κ2) is 8.08. The van der Waals surface area contributed by atoms with E-state index in [0.717, 1.165) is 24.0 Å². The molecule has 0 bridgehead atoms. The van der Waals surface area contributed by atoms with Crippen LogP contribution in [0, 0.1) is 6.92 Å².